The number of hydrogen-bond acceptors (Lipinski definition) is 6. The number of thiazole rings is 1. The quantitative estimate of drug-likeness (QED) is 0.594. The predicted molar refractivity (Wildman–Crippen MR) is 117 cm³/mol. The van der Waals surface area contributed by atoms with Crippen molar-refractivity contribution in [3.63, 3.8) is 0 Å². The summed E-state index contributed by atoms with van der Waals surface area (Å²) in [4.78, 5) is 19.5. The second kappa shape index (κ2) is 8.27. The van der Waals surface area contributed by atoms with Gasteiger partial charge in [-0.3, -0.25) is 4.79 Å². The fraction of sp³-hybridized carbons (Fsp3) is 0.136. The van der Waals surface area contributed by atoms with Crippen molar-refractivity contribution in [3.8, 4) is 17.0 Å². The van der Waals surface area contributed by atoms with E-state index >= 15 is 0 Å². The molecule has 0 saturated carbocycles. The van der Waals surface area contributed by atoms with Gasteiger partial charge in [0.25, 0.3) is 5.91 Å². The van der Waals surface area contributed by atoms with Gasteiger partial charge in [0.15, 0.2) is 5.01 Å². The van der Waals surface area contributed by atoms with Crippen molar-refractivity contribution in [1.29, 1.82) is 5.41 Å². The van der Waals surface area contributed by atoms with Crippen LogP contribution in [0.2, 0.25) is 0 Å². The molecular weight excluding hydrogens is 422 g/mol. The molecule has 1 aliphatic rings. The smallest absolute Gasteiger partial charge is 0.287 e. The first-order chi connectivity index (χ1) is 14.9. The Morgan fingerprint density at radius 2 is 2.10 bits per heavy atom. The first-order valence-electron chi connectivity index (χ1n) is 9.35. The second-order valence-electron chi connectivity index (χ2n) is 6.83. The van der Waals surface area contributed by atoms with Crippen molar-refractivity contribution < 1.29 is 18.3 Å². The van der Waals surface area contributed by atoms with Crippen LogP contribution >= 0.6 is 11.3 Å². The van der Waals surface area contributed by atoms with E-state index in [1.807, 2.05) is 12.1 Å². The van der Waals surface area contributed by atoms with Crippen LogP contribution < -0.4 is 15.4 Å². The highest BCUT2D eigenvalue weighted by Gasteiger charge is 2.26. The van der Waals surface area contributed by atoms with Crippen LogP contribution in [0.25, 0.3) is 16.8 Å². The molecule has 0 atom stereocenters. The maximum atomic E-state index is 14.1. The highest BCUT2D eigenvalue weighted by atomic mass is 32.1. The molecule has 0 saturated heterocycles. The molecule has 1 aliphatic heterocycles. The predicted octanol–water partition coefficient (Wildman–Crippen LogP) is 4.25. The van der Waals surface area contributed by atoms with E-state index in [4.69, 9.17) is 15.9 Å². The minimum Gasteiger partial charge on any atom is -0.492 e. The van der Waals surface area contributed by atoms with Crippen molar-refractivity contribution in [3.05, 3.63) is 69.7 Å². The van der Waals surface area contributed by atoms with Crippen LogP contribution in [-0.4, -0.2) is 30.8 Å². The van der Waals surface area contributed by atoms with Gasteiger partial charge in [0.2, 0.25) is 0 Å². The zero-order chi connectivity index (χ0) is 22.1. The molecule has 3 N–H and O–H groups in total. The third-order valence-electron chi connectivity index (χ3n) is 4.95. The number of ether oxygens (including phenoxy) is 1. The van der Waals surface area contributed by atoms with Gasteiger partial charge in [-0.05, 0) is 29.8 Å². The summed E-state index contributed by atoms with van der Waals surface area (Å²) in [5.74, 6) is -1.44. The van der Waals surface area contributed by atoms with E-state index in [-0.39, 0.29) is 10.7 Å². The van der Waals surface area contributed by atoms with E-state index in [9.17, 15) is 13.6 Å². The van der Waals surface area contributed by atoms with Gasteiger partial charge in [0.1, 0.15) is 17.4 Å². The molecular formula is C22H18F2N4O2S. The molecule has 0 bridgehead atoms. The lowest BCUT2D eigenvalue weighted by Crippen LogP contribution is -2.27. The average Bonchev–Trinajstić information content (AvgIpc) is 3.10. The number of nitrogens with one attached hydrogen (secondary N) is 1. The molecule has 9 heteroatoms. The number of benzene rings is 2. The van der Waals surface area contributed by atoms with Crippen molar-refractivity contribution in [2.24, 2.45) is 5.73 Å². The maximum Gasteiger partial charge on any atom is 0.287 e. The number of halogens is 2. The van der Waals surface area contributed by atoms with E-state index in [0.29, 0.717) is 30.0 Å². The van der Waals surface area contributed by atoms with Crippen molar-refractivity contribution in [2.75, 3.05) is 18.6 Å². The van der Waals surface area contributed by atoms with E-state index in [1.165, 1.54) is 30.7 Å². The first kappa shape index (κ1) is 20.7. The summed E-state index contributed by atoms with van der Waals surface area (Å²) in [7, 11) is 1.42. The summed E-state index contributed by atoms with van der Waals surface area (Å²) in [5.41, 5.74) is 8.19. The lowest BCUT2D eigenvalue weighted by Gasteiger charge is -2.16. The summed E-state index contributed by atoms with van der Waals surface area (Å²) < 4.78 is 33.2. The average molecular weight is 440 g/mol. The Kier molecular flexibility index (Phi) is 5.51. The maximum absolute atomic E-state index is 14.1. The molecule has 1 aromatic heterocycles. The minimum atomic E-state index is -0.824. The molecule has 4 rings (SSSR count). The fourth-order valence-electron chi connectivity index (χ4n) is 3.33. The molecule has 0 aliphatic carbocycles. The number of nitrogens with zero attached hydrogens (tertiary/aromatic N) is 2. The highest BCUT2D eigenvalue weighted by molar-refractivity contribution is 7.14. The molecule has 0 spiro atoms. The van der Waals surface area contributed by atoms with Crippen LogP contribution in [-0.2, 0) is 6.42 Å². The Balaban J connectivity index is 1.71. The number of amides is 1. The number of carbonyl (C=O) groups is 1. The summed E-state index contributed by atoms with van der Waals surface area (Å²) in [6.45, 7) is 0.397. The molecule has 2 aromatic carbocycles. The minimum absolute atomic E-state index is 0.0297. The Hall–Kier alpha value is -3.59. The summed E-state index contributed by atoms with van der Waals surface area (Å²) in [5, 5.41) is 7.68. The Bertz CT molecular complexity index is 1220. The first-order valence-corrected chi connectivity index (χ1v) is 10.2. The third kappa shape index (κ3) is 3.79. The molecule has 2 heterocycles. The highest BCUT2D eigenvalue weighted by Crippen LogP contribution is 2.39. The number of hydrogen-bond donors (Lipinski definition) is 2. The molecule has 6 nitrogen and oxygen atoms in total. The van der Waals surface area contributed by atoms with Crippen LogP contribution in [0.3, 0.4) is 0 Å². The molecule has 0 unspecified atom stereocenters. The number of carbonyl (C=O) groups excluding carboxylic acids is 1. The van der Waals surface area contributed by atoms with Crippen LogP contribution in [0.4, 0.5) is 14.5 Å². The van der Waals surface area contributed by atoms with E-state index in [0.717, 1.165) is 39.3 Å². The Labute approximate surface area is 181 Å². The zero-order valence-electron chi connectivity index (χ0n) is 16.5. The topological polar surface area (TPSA) is 92.3 Å². The SMILES string of the molecule is CN(C(=O)c1nc2c(s1)CCOc1cc(/C(C=N)=C/N)ccc1-2)c1ccc(F)cc1F. The van der Waals surface area contributed by atoms with Crippen LogP contribution in [0.1, 0.15) is 20.2 Å². The van der Waals surface area contributed by atoms with Gasteiger partial charge in [0.05, 0.1) is 18.0 Å². The summed E-state index contributed by atoms with van der Waals surface area (Å²) in [6, 6.07) is 8.47. The van der Waals surface area contributed by atoms with Crippen LogP contribution in [0.15, 0.2) is 42.6 Å². The van der Waals surface area contributed by atoms with Crippen molar-refractivity contribution in [1.82, 2.24) is 4.98 Å². The van der Waals surface area contributed by atoms with Crippen molar-refractivity contribution >= 4 is 34.7 Å². The van der Waals surface area contributed by atoms with Crippen LogP contribution in [0, 0.1) is 17.0 Å². The molecule has 3 aromatic rings. The van der Waals surface area contributed by atoms with Gasteiger partial charge in [-0.25, -0.2) is 13.8 Å². The number of nitrogens with two attached hydrogens (primary N) is 1. The number of allylic oxidation sites excluding steroid dienone is 1. The standard InChI is InChI=1S/C22H18F2N4O2S/c1-28(17-5-3-14(23)9-16(17)24)22(29)21-27-20-15-4-2-12(13(10-25)11-26)8-18(15)30-7-6-19(20)31-21/h2-5,8-11,25H,6-7,26H2,1H3/b13-11+,25-10?. The van der Waals surface area contributed by atoms with E-state index in [2.05, 4.69) is 4.98 Å². The van der Waals surface area contributed by atoms with Gasteiger partial charge in [-0.15, -0.1) is 11.3 Å². The van der Waals surface area contributed by atoms with E-state index < -0.39 is 17.5 Å². The lowest BCUT2D eigenvalue weighted by molar-refractivity contribution is 0.0992. The second-order valence-corrected chi connectivity index (χ2v) is 7.91. The zero-order valence-corrected chi connectivity index (χ0v) is 17.3. The lowest BCUT2D eigenvalue weighted by atomic mass is 10.0. The van der Waals surface area contributed by atoms with Gasteiger partial charge < -0.3 is 20.8 Å². The van der Waals surface area contributed by atoms with Gasteiger partial charge in [-0.1, -0.05) is 6.07 Å². The number of anilines is 1. The van der Waals surface area contributed by atoms with Crippen LogP contribution in [0.5, 0.6) is 5.75 Å². The number of aromatic nitrogens is 1. The number of rotatable bonds is 4. The van der Waals surface area contributed by atoms with Gasteiger partial charge in [0, 0.05) is 48.0 Å². The fourth-order valence-corrected chi connectivity index (χ4v) is 4.36. The van der Waals surface area contributed by atoms with Gasteiger partial charge >= 0.3 is 0 Å². The third-order valence-corrected chi connectivity index (χ3v) is 6.05. The molecule has 31 heavy (non-hydrogen) atoms. The normalized spacial score (nSPS) is 12.9. The Morgan fingerprint density at radius 1 is 1.29 bits per heavy atom. The Morgan fingerprint density at radius 3 is 2.81 bits per heavy atom. The number of fused-ring (bicyclic) bond motifs is 3. The monoisotopic (exact) mass is 440 g/mol. The largest absolute Gasteiger partial charge is 0.492 e. The van der Waals surface area contributed by atoms with Gasteiger partial charge in [-0.2, -0.15) is 0 Å². The molecule has 1 amide bonds. The van der Waals surface area contributed by atoms with Crippen molar-refractivity contribution in [2.45, 2.75) is 6.42 Å². The van der Waals surface area contributed by atoms with E-state index in [1.54, 1.807) is 6.07 Å². The molecule has 158 valence electrons. The molecule has 0 fully saturated rings. The molecule has 0 radical (unpaired) electrons. The summed E-state index contributed by atoms with van der Waals surface area (Å²) in [6.07, 6.45) is 3.07. The summed E-state index contributed by atoms with van der Waals surface area (Å²) >= 11 is 1.23.